The number of fused-ring (bicyclic) bond motifs is 1. The number of hydrogen-bond donors (Lipinski definition) is 3. The van der Waals surface area contributed by atoms with Gasteiger partial charge >= 0.3 is 0 Å². The first-order valence-corrected chi connectivity index (χ1v) is 10.4. The standard InChI is InChI=1S/C24H26FN3O2/c25-17-10-8-16(9-11-17)22-19(18-6-2-3-7-20(18)27-22)12-13-21(29)28-24(23(26)30)14-4-1-5-15-24/h2-3,6-11,27H,1,4-5,12-15H2,(H2,26,30)(H,28,29). The first-order chi connectivity index (χ1) is 14.5. The van der Waals surface area contributed by atoms with Crippen molar-refractivity contribution >= 4 is 22.7 Å². The highest BCUT2D eigenvalue weighted by Gasteiger charge is 2.39. The van der Waals surface area contributed by atoms with Crippen molar-refractivity contribution in [3.8, 4) is 11.3 Å². The number of aryl methyl sites for hydroxylation is 1. The topological polar surface area (TPSA) is 88.0 Å². The van der Waals surface area contributed by atoms with Gasteiger partial charge in [0.15, 0.2) is 0 Å². The Kier molecular flexibility index (Phi) is 5.57. The third kappa shape index (κ3) is 3.95. The van der Waals surface area contributed by atoms with Crippen molar-refractivity contribution in [2.75, 3.05) is 0 Å². The van der Waals surface area contributed by atoms with Crippen LogP contribution in [0.1, 0.15) is 44.1 Å². The van der Waals surface area contributed by atoms with Crippen LogP contribution < -0.4 is 11.1 Å². The van der Waals surface area contributed by atoms with Gasteiger partial charge in [-0.25, -0.2) is 4.39 Å². The maximum atomic E-state index is 13.4. The molecule has 0 aliphatic heterocycles. The first kappa shape index (κ1) is 20.1. The summed E-state index contributed by atoms with van der Waals surface area (Å²) >= 11 is 0. The lowest BCUT2D eigenvalue weighted by molar-refractivity contribution is -0.132. The minimum Gasteiger partial charge on any atom is -0.368 e. The van der Waals surface area contributed by atoms with Crippen LogP contribution in [0.25, 0.3) is 22.2 Å². The van der Waals surface area contributed by atoms with E-state index in [1.807, 2.05) is 24.3 Å². The third-order valence-electron chi connectivity index (χ3n) is 6.11. The number of H-pyrrole nitrogens is 1. The van der Waals surface area contributed by atoms with Gasteiger partial charge in [0.2, 0.25) is 11.8 Å². The number of nitrogens with one attached hydrogen (secondary N) is 2. The molecule has 1 aliphatic carbocycles. The average molecular weight is 407 g/mol. The molecule has 1 aromatic heterocycles. The molecule has 2 aromatic carbocycles. The average Bonchev–Trinajstić information content (AvgIpc) is 3.12. The van der Waals surface area contributed by atoms with Crippen molar-refractivity contribution in [1.82, 2.24) is 10.3 Å². The van der Waals surface area contributed by atoms with Crippen LogP contribution in [0.4, 0.5) is 4.39 Å². The minimum atomic E-state index is -0.921. The fourth-order valence-electron chi connectivity index (χ4n) is 4.48. The van der Waals surface area contributed by atoms with Gasteiger partial charge in [0, 0.05) is 23.0 Å². The lowest BCUT2D eigenvalue weighted by Crippen LogP contribution is -2.58. The van der Waals surface area contributed by atoms with Gasteiger partial charge < -0.3 is 16.0 Å². The van der Waals surface area contributed by atoms with E-state index in [-0.39, 0.29) is 18.1 Å². The van der Waals surface area contributed by atoms with Crippen molar-refractivity contribution in [2.24, 2.45) is 5.73 Å². The Morgan fingerprint density at radius 1 is 1.03 bits per heavy atom. The fraction of sp³-hybridized carbons (Fsp3) is 0.333. The Hall–Kier alpha value is -3.15. The minimum absolute atomic E-state index is 0.175. The van der Waals surface area contributed by atoms with Crippen LogP contribution in [-0.2, 0) is 16.0 Å². The molecule has 2 amide bonds. The monoisotopic (exact) mass is 407 g/mol. The van der Waals surface area contributed by atoms with Crippen LogP contribution in [0.5, 0.6) is 0 Å². The number of aromatic amines is 1. The molecule has 1 heterocycles. The summed E-state index contributed by atoms with van der Waals surface area (Å²) in [6, 6.07) is 14.2. The number of para-hydroxylation sites is 1. The molecule has 30 heavy (non-hydrogen) atoms. The number of halogens is 1. The molecule has 0 atom stereocenters. The van der Waals surface area contributed by atoms with Crippen LogP contribution in [0, 0.1) is 5.82 Å². The molecule has 4 rings (SSSR count). The van der Waals surface area contributed by atoms with Crippen molar-refractivity contribution in [3.05, 3.63) is 59.9 Å². The summed E-state index contributed by atoms with van der Waals surface area (Å²) in [6.07, 6.45) is 4.77. The molecule has 156 valence electrons. The molecule has 0 saturated heterocycles. The lowest BCUT2D eigenvalue weighted by Gasteiger charge is -2.35. The number of primary amides is 1. The molecule has 6 heteroatoms. The SMILES string of the molecule is NC(=O)C1(NC(=O)CCc2c(-c3ccc(F)cc3)[nH]c3ccccc23)CCCCC1. The second kappa shape index (κ2) is 8.30. The number of amides is 2. The molecule has 4 N–H and O–H groups in total. The fourth-order valence-corrected chi connectivity index (χ4v) is 4.48. The molecule has 0 spiro atoms. The van der Waals surface area contributed by atoms with E-state index < -0.39 is 11.4 Å². The van der Waals surface area contributed by atoms with Gasteiger partial charge in [0.25, 0.3) is 0 Å². The zero-order valence-corrected chi connectivity index (χ0v) is 16.8. The van der Waals surface area contributed by atoms with Crippen molar-refractivity contribution in [2.45, 2.75) is 50.5 Å². The van der Waals surface area contributed by atoms with Crippen LogP contribution in [0.15, 0.2) is 48.5 Å². The van der Waals surface area contributed by atoms with Crippen LogP contribution >= 0.6 is 0 Å². The van der Waals surface area contributed by atoms with E-state index in [1.165, 1.54) is 12.1 Å². The molecular weight excluding hydrogens is 381 g/mol. The second-order valence-electron chi connectivity index (χ2n) is 8.09. The summed E-state index contributed by atoms with van der Waals surface area (Å²) in [5.74, 6) is -0.916. The Labute approximate surface area is 174 Å². The molecule has 1 aliphatic rings. The number of rotatable bonds is 6. The van der Waals surface area contributed by atoms with Crippen LogP contribution in [0.2, 0.25) is 0 Å². The maximum Gasteiger partial charge on any atom is 0.243 e. The van der Waals surface area contributed by atoms with Crippen LogP contribution in [-0.4, -0.2) is 22.3 Å². The summed E-state index contributed by atoms with van der Waals surface area (Å²) in [5.41, 5.74) is 8.43. The highest BCUT2D eigenvalue weighted by atomic mass is 19.1. The molecule has 0 bridgehead atoms. The van der Waals surface area contributed by atoms with Crippen LogP contribution in [0.3, 0.4) is 0 Å². The van der Waals surface area contributed by atoms with Crippen molar-refractivity contribution < 1.29 is 14.0 Å². The lowest BCUT2D eigenvalue weighted by atomic mass is 9.81. The van der Waals surface area contributed by atoms with E-state index in [1.54, 1.807) is 12.1 Å². The molecule has 1 fully saturated rings. The highest BCUT2D eigenvalue weighted by Crippen LogP contribution is 2.32. The Morgan fingerprint density at radius 3 is 2.43 bits per heavy atom. The van der Waals surface area contributed by atoms with Gasteiger partial charge in [-0.2, -0.15) is 0 Å². The predicted octanol–water partition coefficient (Wildman–Crippen LogP) is 4.21. The summed E-state index contributed by atoms with van der Waals surface area (Å²) in [7, 11) is 0. The van der Waals surface area contributed by atoms with Gasteiger partial charge in [0.1, 0.15) is 11.4 Å². The summed E-state index contributed by atoms with van der Waals surface area (Å²) in [5, 5.41) is 3.97. The van der Waals surface area contributed by atoms with E-state index in [9.17, 15) is 14.0 Å². The van der Waals surface area contributed by atoms with Gasteiger partial charge in [-0.05, 0) is 60.7 Å². The first-order valence-electron chi connectivity index (χ1n) is 10.4. The number of carbonyl (C=O) groups excluding carboxylic acids is 2. The molecule has 0 radical (unpaired) electrons. The normalized spacial score (nSPS) is 15.8. The Bertz CT molecular complexity index is 1070. The molecule has 1 saturated carbocycles. The van der Waals surface area contributed by atoms with E-state index in [0.717, 1.165) is 47.0 Å². The highest BCUT2D eigenvalue weighted by molar-refractivity contribution is 5.93. The largest absolute Gasteiger partial charge is 0.368 e. The van der Waals surface area contributed by atoms with Crippen molar-refractivity contribution in [3.63, 3.8) is 0 Å². The number of carbonyl (C=O) groups is 2. The summed E-state index contributed by atoms with van der Waals surface area (Å²) in [6.45, 7) is 0. The Morgan fingerprint density at radius 2 is 1.73 bits per heavy atom. The quantitative estimate of drug-likeness (QED) is 0.571. The maximum absolute atomic E-state index is 13.4. The molecule has 3 aromatic rings. The molecule has 5 nitrogen and oxygen atoms in total. The number of benzene rings is 2. The number of hydrogen-bond acceptors (Lipinski definition) is 2. The Balaban J connectivity index is 1.57. The van der Waals surface area contributed by atoms with Crippen molar-refractivity contribution in [1.29, 1.82) is 0 Å². The van der Waals surface area contributed by atoms with Gasteiger partial charge in [-0.1, -0.05) is 37.5 Å². The van der Waals surface area contributed by atoms with E-state index in [4.69, 9.17) is 5.73 Å². The second-order valence-corrected chi connectivity index (χ2v) is 8.09. The summed E-state index contributed by atoms with van der Waals surface area (Å²) < 4.78 is 13.4. The van der Waals surface area contributed by atoms with E-state index in [0.29, 0.717) is 19.3 Å². The zero-order valence-electron chi connectivity index (χ0n) is 16.8. The summed E-state index contributed by atoms with van der Waals surface area (Å²) in [4.78, 5) is 28.2. The van der Waals surface area contributed by atoms with Gasteiger partial charge in [-0.15, -0.1) is 0 Å². The zero-order chi connectivity index (χ0) is 21.1. The smallest absolute Gasteiger partial charge is 0.243 e. The molecule has 0 unspecified atom stereocenters. The van der Waals surface area contributed by atoms with Gasteiger partial charge in [-0.3, -0.25) is 9.59 Å². The number of nitrogens with two attached hydrogens (primary N) is 1. The van der Waals surface area contributed by atoms with E-state index in [2.05, 4.69) is 10.3 Å². The number of aromatic nitrogens is 1. The molecular formula is C24H26FN3O2. The predicted molar refractivity (Wildman–Crippen MR) is 115 cm³/mol. The third-order valence-corrected chi connectivity index (χ3v) is 6.11. The van der Waals surface area contributed by atoms with E-state index >= 15 is 0 Å². The van der Waals surface area contributed by atoms with Gasteiger partial charge in [0.05, 0.1) is 0 Å².